The zero-order valence-electron chi connectivity index (χ0n) is 24.3. The Bertz CT molecular complexity index is 1830. The standard InChI is InChI=1S/C33H30Cl3NO7S/c1-42-29(38)13-14-45(40,41)23-10-7-19(8-11-23)21-16-33(39,17-21)25-12-9-22(15-28(25)36)43-18-24-31(37-44-32(24)20-5-6-20)30-26(34)3-2-4-27(30)35/h2-4,7-12,15,20-21,39H,5-6,13-14,16-18H2,1H3. The van der Waals surface area contributed by atoms with Crippen LogP contribution >= 0.6 is 34.8 Å². The summed E-state index contributed by atoms with van der Waals surface area (Å²) in [6.07, 6.45) is 2.67. The monoisotopic (exact) mass is 689 g/mol. The number of halogens is 3. The number of hydrogen-bond donors (Lipinski definition) is 1. The molecule has 6 rings (SSSR count). The normalized spacial score (nSPS) is 19.6. The fourth-order valence-corrected chi connectivity index (χ4v) is 7.91. The van der Waals surface area contributed by atoms with Crippen molar-refractivity contribution in [2.45, 2.75) is 61.0 Å². The van der Waals surface area contributed by atoms with Gasteiger partial charge in [0.15, 0.2) is 9.84 Å². The molecule has 3 aromatic carbocycles. The van der Waals surface area contributed by atoms with Crippen LogP contribution in [0, 0.1) is 0 Å². The van der Waals surface area contributed by atoms with Crippen LogP contribution in [0.3, 0.4) is 0 Å². The van der Waals surface area contributed by atoms with Gasteiger partial charge in [-0.3, -0.25) is 4.79 Å². The number of ether oxygens (including phenoxy) is 2. The van der Waals surface area contributed by atoms with E-state index in [9.17, 15) is 18.3 Å². The van der Waals surface area contributed by atoms with Crippen molar-refractivity contribution >= 4 is 50.6 Å². The Hall–Kier alpha value is -3.08. The van der Waals surface area contributed by atoms with Crippen molar-refractivity contribution in [3.8, 4) is 17.0 Å². The Morgan fingerprint density at radius 3 is 2.31 bits per heavy atom. The Kier molecular flexibility index (Phi) is 8.93. The van der Waals surface area contributed by atoms with Crippen molar-refractivity contribution in [3.05, 3.63) is 98.2 Å². The van der Waals surface area contributed by atoms with E-state index in [1.807, 2.05) is 0 Å². The van der Waals surface area contributed by atoms with E-state index in [-0.39, 0.29) is 35.5 Å². The number of aliphatic hydroxyl groups is 1. The van der Waals surface area contributed by atoms with Crippen LogP contribution in [0.1, 0.15) is 66.4 Å². The number of nitrogens with zero attached hydrogens (tertiary/aromatic N) is 1. The lowest BCUT2D eigenvalue weighted by Crippen LogP contribution is -2.40. The first kappa shape index (κ1) is 31.9. The van der Waals surface area contributed by atoms with E-state index in [1.165, 1.54) is 19.2 Å². The Labute approximate surface area is 276 Å². The van der Waals surface area contributed by atoms with Crippen molar-refractivity contribution in [1.29, 1.82) is 0 Å². The Morgan fingerprint density at radius 2 is 1.69 bits per heavy atom. The molecule has 0 radical (unpaired) electrons. The van der Waals surface area contributed by atoms with Gasteiger partial charge < -0.3 is 19.1 Å². The highest BCUT2D eigenvalue weighted by atomic mass is 35.5. The molecule has 2 saturated carbocycles. The van der Waals surface area contributed by atoms with E-state index in [1.54, 1.807) is 48.5 Å². The lowest BCUT2D eigenvalue weighted by molar-refractivity contribution is -0.140. The molecular weight excluding hydrogens is 661 g/mol. The Balaban J connectivity index is 1.12. The third kappa shape index (κ3) is 6.60. The van der Waals surface area contributed by atoms with E-state index in [2.05, 4.69) is 9.89 Å². The molecule has 2 aliphatic carbocycles. The van der Waals surface area contributed by atoms with Crippen LogP contribution in [0.2, 0.25) is 15.1 Å². The van der Waals surface area contributed by atoms with Crippen molar-refractivity contribution in [2.24, 2.45) is 0 Å². The summed E-state index contributed by atoms with van der Waals surface area (Å²) in [6.45, 7) is 0.169. The topological polar surface area (TPSA) is 116 Å². The molecule has 1 N–H and O–H groups in total. The molecule has 2 fully saturated rings. The zero-order valence-corrected chi connectivity index (χ0v) is 27.3. The third-order valence-corrected chi connectivity index (χ3v) is 11.1. The molecule has 0 bridgehead atoms. The number of sulfone groups is 1. The predicted octanol–water partition coefficient (Wildman–Crippen LogP) is 7.86. The van der Waals surface area contributed by atoms with Crippen molar-refractivity contribution in [3.63, 3.8) is 0 Å². The second-order valence-electron chi connectivity index (χ2n) is 11.5. The summed E-state index contributed by atoms with van der Waals surface area (Å²) in [6, 6.07) is 17.1. The number of hydrogen-bond acceptors (Lipinski definition) is 8. The summed E-state index contributed by atoms with van der Waals surface area (Å²) >= 11 is 19.6. The molecule has 2 aliphatic rings. The molecule has 0 aliphatic heterocycles. The minimum atomic E-state index is -3.62. The average Bonchev–Trinajstić information content (AvgIpc) is 3.77. The molecule has 236 valence electrons. The quantitative estimate of drug-likeness (QED) is 0.158. The van der Waals surface area contributed by atoms with Crippen LogP contribution in [0.4, 0.5) is 0 Å². The van der Waals surface area contributed by atoms with Gasteiger partial charge in [-0.15, -0.1) is 0 Å². The number of carbonyl (C=O) groups is 1. The SMILES string of the molecule is COC(=O)CCS(=O)(=O)c1ccc(C2CC(O)(c3ccc(OCc4c(-c5c(Cl)cccc5Cl)noc4C4CC4)cc3Cl)C2)cc1. The summed E-state index contributed by atoms with van der Waals surface area (Å²) < 4.78 is 41.5. The summed E-state index contributed by atoms with van der Waals surface area (Å²) in [7, 11) is -2.39. The second kappa shape index (κ2) is 12.6. The van der Waals surface area contributed by atoms with Gasteiger partial charge >= 0.3 is 5.97 Å². The van der Waals surface area contributed by atoms with Crippen LogP contribution < -0.4 is 4.74 Å². The number of carbonyl (C=O) groups excluding carboxylic acids is 1. The molecule has 8 nitrogen and oxygen atoms in total. The smallest absolute Gasteiger partial charge is 0.306 e. The van der Waals surface area contributed by atoms with Crippen LogP contribution in [0.5, 0.6) is 5.75 Å². The van der Waals surface area contributed by atoms with Gasteiger partial charge in [0.1, 0.15) is 23.8 Å². The summed E-state index contributed by atoms with van der Waals surface area (Å²) in [5.74, 6) is 0.700. The molecule has 0 atom stereocenters. The van der Waals surface area contributed by atoms with Crippen molar-refractivity contribution in [1.82, 2.24) is 5.16 Å². The summed E-state index contributed by atoms with van der Waals surface area (Å²) in [5.41, 5.74) is 2.32. The summed E-state index contributed by atoms with van der Waals surface area (Å²) in [5, 5.41) is 17.0. The fraction of sp³-hybridized carbons (Fsp3) is 0.333. The molecule has 12 heteroatoms. The molecule has 4 aromatic rings. The van der Waals surface area contributed by atoms with Gasteiger partial charge in [0, 0.05) is 17.0 Å². The number of methoxy groups -OCH3 is 1. The van der Waals surface area contributed by atoms with Gasteiger partial charge in [-0.2, -0.15) is 0 Å². The molecule has 0 unspecified atom stereocenters. The predicted molar refractivity (Wildman–Crippen MR) is 171 cm³/mol. The maximum absolute atomic E-state index is 12.6. The molecule has 1 aromatic heterocycles. The molecule has 0 saturated heterocycles. The number of aromatic nitrogens is 1. The van der Waals surface area contributed by atoms with Crippen LogP contribution in [-0.4, -0.2) is 37.5 Å². The number of rotatable bonds is 11. The van der Waals surface area contributed by atoms with Gasteiger partial charge in [-0.1, -0.05) is 64.2 Å². The number of benzene rings is 3. The fourth-order valence-electron chi connectivity index (χ4n) is 5.76. The summed E-state index contributed by atoms with van der Waals surface area (Å²) in [4.78, 5) is 11.5. The van der Waals surface area contributed by atoms with E-state index < -0.39 is 21.4 Å². The van der Waals surface area contributed by atoms with Crippen LogP contribution in [0.15, 0.2) is 70.1 Å². The first-order valence-electron chi connectivity index (χ1n) is 14.5. The zero-order chi connectivity index (χ0) is 31.9. The number of esters is 1. The largest absolute Gasteiger partial charge is 0.489 e. The lowest BCUT2D eigenvalue weighted by atomic mass is 9.65. The third-order valence-electron chi connectivity index (χ3n) is 8.47. The highest BCUT2D eigenvalue weighted by Crippen LogP contribution is 2.53. The van der Waals surface area contributed by atoms with Gasteiger partial charge in [0.2, 0.25) is 0 Å². The molecule has 0 spiro atoms. The van der Waals surface area contributed by atoms with E-state index >= 15 is 0 Å². The average molecular weight is 691 g/mol. The first-order valence-corrected chi connectivity index (χ1v) is 17.3. The van der Waals surface area contributed by atoms with Crippen LogP contribution in [0.25, 0.3) is 11.3 Å². The van der Waals surface area contributed by atoms with Crippen LogP contribution in [-0.2, 0) is 31.6 Å². The minimum Gasteiger partial charge on any atom is -0.489 e. The van der Waals surface area contributed by atoms with Gasteiger partial charge in [0.05, 0.1) is 50.4 Å². The maximum Gasteiger partial charge on any atom is 0.306 e. The Morgan fingerprint density at radius 1 is 1.00 bits per heavy atom. The van der Waals surface area contributed by atoms with E-state index in [0.717, 1.165) is 29.7 Å². The highest BCUT2D eigenvalue weighted by Gasteiger charge is 2.45. The molecule has 0 amide bonds. The van der Waals surface area contributed by atoms with Gasteiger partial charge in [-0.25, -0.2) is 8.42 Å². The lowest BCUT2D eigenvalue weighted by Gasteiger charge is -2.44. The highest BCUT2D eigenvalue weighted by molar-refractivity contribution is 7.91. The maximum atomic E-state index is 12.6. The van der Waals surface area contributed by atoms with Crippen molar-refractivity contribution in [2.75, 3.05) is 12.9 Å². The van der Waals surface area contributed by atoms with Gasteiger partial charge in [0.25, 0.3) is 0 Å². The molecular formula is C33H30Cl3NO7S. The molecule has 1 heterocycles. The molecule has 45 heavy (non-hydrogen) atoms. The minimum absolute atomic E-state index is 0.0262. The van der Waals surface area contributed by atoms with E-state index in [0.29, 0.717) is 50.5 Å². The van der Waals surface area contributed by atoms with E-state index in [4.69, 9.17) is 44.1 Å². The second-order valence-corrected chi connectivity index (χ2v) is 14.9. The first-order chi connectivity index (χ1) is 21.5. The van der Waals surface area contributed by atoms with Crippen molar-refractivity contribution < 1.29 is 32.3 Å². The van der Waals surface area contributed by atoms with Gasteiger partial charge in [-0.05, 0) is 73.6 Å².